The van der Waals surface area contributed by atoms with Gasteiger partial charge in [-0.3, -0.25) is 0 Å². The van der Waals surface area contributed by atoms with Crippen LogP contribution in [0.1, 0.15) is 22.3 Å². The van der Waals surface area contributed by atoms with Gasteiger partial charge in [-0.15, -0.1) is 0 Å². The van der Waals surface area contributed by atoms with Gasteiger partial charge < -0.3 is 9.80 Å². The highest BCUT2D eigenvalue weighted by atomic mass is 79.9. The lowest BCUT2D eigenvalue weighted by molar-refractivity contribution is 0.646. The molecule has 2 aromatic carbocycles. The van der Waals surface area contributed by atoms with E-state index in [1.54, 1.807) is 6.07 Å². The van der Waals surface area contributed by atoms with Gasteiger partial charge in [0, 0.05) is 33.7 Å². The molecule has 0 spiro atoms. The highest BCUT2D eigenvalue weighted by Crippen LogP contribution is 2.48. The maximum atomic E-state index is 8.80. The second-order valence-corrected chi connectivity index (χ2v) is 8.02. The van der Waals surface area contributed by atoms with E-state index in [4.69, 9.17) is 28.7 Å². The normalized spacial score (nSPS) is 14.8. The van der Waals surface area contributed by atoms with Gasteiger partial charge in [-0.1, -0.05) is 44.2 Å². The molecule has 2 aliphatic rings. The van der Waals surface area contributed by atoms with Crippen molar-refractivity contribution in [1.29, 1.82) is 0 Å². The van der Waals surface area contributed by atoms with E-state index in [1.165, 1.54) is 11.1 Å². The lowest BCUT2D eigenvalue weighted by Crippen LogP contribution is -2.47. The van der Waals surface area contributed by atoms with Crippen LogP contribution in [0.25, 0.3) is 10.4 Å². The van der Waals surface area contributed by atoms with Crippen molar-refractivity contribution in [3.8, 4) is 0 Å². The number of anilines is 2. The summed E-state index contributed by atoms with van der Waals surface area (Å²) in [5, 5.41) is 5.14. The molecule has 0 fully saturated rings. The third-order valence-corrected chi connectivity index (χ3v) is 6.41. The Hall–Kier alpha value is -1.59. The van der Waals surface area contributed by atoms with Crippen molar-refractivity contribution in [2.24, 2.45) is 5.11 Å². The maximum Gasteiger partial charge on any atom is 0.0911 e. The number of nitrogens with zero attached hydrogens (tertiary/aromatic N) is 5. The minimum Gasteiger partial charge on any atom is -0.348 e. The first kappa shape index (κ1) is 16.9. The molecule has 0 saturated carbocycles. The van der Waals surface area contributed by atoms with Gasteiger partial charge in [0.25, 0.3) is 0 Å². The Morgan fingerprint density at radius 3 is 2.20 bits per heavy atom. The van der Waals surface area contributed by atoms with Crippen molar-refractivity contribution in [3.05, 3.63) is 59.3 Å². The Morgan fingerprint density at radius 2 is 1.60 bits per heavy atom. The summed E-state index contributed by atoms with van der Waals surface area (Å²) in [5.74, 6) is 0. The van der Waals surface area contributed by atoms with Gasteiger partial charge in [0.15, 0.2) is 0 Å². The Kier molecular flexibility index (Phi) is 4.04. The number of azide groups is 1. The Labute approximate surface area is 163 Å². The number of hydrogen-bond donors (Lipinski definition) is 0. The van der Waals surface area contributed by atoms with E-state index < -0.39 is 0 Å². The van der Waals surface area contributed by atoms with Crippen LogP contribution in [0.5, 0.6) is 0 Å². The van der Waals surface area contributed by atoms with Gasteiger partial charge in [-0.2, -0.15) is 0 Å². The van der Waals surface area contributed by atoms with Gasteiger partial charge in [-0.05, 0) is 48.2 Å². The molecule has 8 heteroatoms. The molecule has 0 atom stereocenters. The summed E-state index contributed by atoms with van der Waals surface area (Å²) in [6.07, 6.45) is 0. The lowest BCUT2D eigenvalue weighted by Gasteiger charge is -2.46. The third kappa shape index (κ3) is 2.48. The zero-order chi connectivity index (χ0) is 17.9. The molecular formula is C17H14BrCl2N5. The van der Waals surface area contributed by atoms with Crippen LogP contribution in [0.4, 0.5) is 17.1 Å². The predicted molar refractivity (Wildman–Crippen MR) is 106 cm³/mol. The molecule has 2 heterocycles. The molecule has 0 radical (unpaired) electrons. The monoisotopic (exact) mass is 437 g/mol. The van der Waals surface area contributed by atoms with E-state index in [1.807, 2.05) is 13.0 Å². The Bertz CT molecular complexity index is 968. The molecule has 0 saturated heterocycles. The van der Waals surface area contributed by atoms with Gasteiger partial charge in [0.2, 0.25) is 0 Å². The van der Waals surface area contributed by atoms with E-state index in [-0.39, 0.29) is 0 Å². The zero-order valence-corrected chi connectivity index (χ0v) is 16.7. The summed E-state index contributed by atoms with van der Waals surface area (Å²) < 4.78 is 1.01. The number of halogens is 3. The van der Waals surface area contributed by atoms with Crippen LogP contribution in [0, 0.1) is 13.8 Å². The van der Waals surface area contributed by atoms with Gasteiger partial charge in [0.1, 0.15) is 0 Å². The zero-order valence-electron chi connectivity index (χ0n) is 13.6. The number of fused-ring (bicyclic) bond motifs is 6. The fourth-order valence-corrected chi connectivity index (χ4v) is 5.02. The second-order valence-electron chi connectivity index (χ2n) is 6.35. The molecular weight excluding hydrogens is 425 g/mol. The molecule has 5 nitrogen and oxygen atoms in total. The van der Waals surface area contributed by atoms with E-state index in [0.717, 1.165) is 45.2 Å². The van der Waals surface area contributed by atoms with Crippen LogP contribution >= 0.6 is 39.1 Å². The minimum atomic E-state index is 0.576. The molecule has 0 N–H and O–H groups in total. The van der Waals surface area contributed by atoms with Crippen LogP contribution < -0.4 is 9.80 Å². The summed E-state index contributed by atoms with van der Waals surface area (Å²) in [6, 6.07) is 3.71. The van der Waals surface area contributed by atoms with Crippen molar-refractivity contribution < 1.29 is 0 Å². The van der Waals surface area contributed by atoms with Crippen molar-refractivity contribution in [3.63, 3.8) is 0 Å². The Balaban J connectivity index is 1.93. The molecule has 0 aromatic heterocycles. The summed E-state index contributed by atoms with van der Waals surface area (Å²) in [6.45, 7) is 6.23. The predicted octanol–water partition coefficient (Wildman–Crippen LogP) is 6.61. The first-order valence-corrected chi connectivity index (χ1v) is 9.31. The van der Waals surface area contributed by atoms with Crippen molar-refractivity contribution >= 4 is 56.2 Å². The quantitative estimate of drug-likeness (QED) is 0.285. The van der Waals surface area contributed by atoms with Crippen LogP contribution in [0.3, 0.4) is 0 Å². The molecule has 4 rings (SSSR count). The minimum absolute atomic E-state index is 0.576. The molecule has 0 amide bonds. The van der Waals surface area contributed by atoms with Crippen molar-refractivity contribution in [2.75, 3.05) is 16.5 Å². The van der Waals surface area contributed by atoms with Gasteiger partial charge in [0.05, 0.1) is 28.1 Å². The highest BCUT2D eigenvalue weighted by Gasteiger charge is 2.34. The number of benzene rings is 2. The average molecular weight is 439 g/mol. The highest BCUT2D eigenvalue weighted by molar-refractivity contribution is 9.10. The van der Waals surface area contributed by atoms with Crippen LogP contribution in [-0.2, 0) is 13.1 Å². The summed E-state index contributed by atoms with van der Waals surface area (Å²) in [7, 11) is 0. The van der Waals surface area contributed by atoms with Crippen molar-refractivity contribution in [1.82, 2.24) is 0 Å². The van der Waals surface area contributed by atoms with Gasteiger partial charge >= 0.3 is 0 Å². The van der Waals surface area contributed by atoms with Crippen molar-refractivity contribution in [2.45, 2.75) is 26.9 Å². The average Bonchev–Trinajstić information content (AvgIpc) is 2.56. The fraction of sp³-hybridized carbons (Fsp3) is 0.294. The molecule has 128 valence electrons. The van der Waals surface area contributed by atoms with Crippen LogP contribution in [0.2, 0.25) is 10.0 Å². The van der Waals surface area contributed by atoms with Crippen LogP contribution in [0.15, 0.2) is 21.7 Å². The largest absolute Gasteiger partial charge is 0.348 e. The Morgan fingerprint density at radius 1 is 1.04 bits per heavy atom. The molecule has 0 unspecified atom stereocenters. The molecule has 2 aliphatic heterocycles. The first-order valence-electron chi connectivity index (χ1n) is 7.76. The summed E-state index contributed by atoms with van der Waals surface area (Å²) >= 11 is 16.7. The van der Waals surface area contributed by atoms with Gasteiger partial charge in [-0.25, -0.2) is 0 Å². The molecule has 25 heavy (non-hydrogen) atoms. The smallest absolute Gasteiger partial charge is 0.0911 e. The number of rotatable bonds is 1. The van der Waals surface area contributed by atoms with E-state index >= 15 is 0 Å². The standard InChI is InChI=1S/C17H14BrCl2N5/c1-8-10-5-24-7-25(16(10)13(19)3-12(8)18)6-11-9(2)15(22-23-21)4-14(20)17(11)24/h3-4H,5-7H2,1-2H3. The second kappa shape index (κ2) is 5.99. The lowest BCUT2D eigenvalue weighted by atomic mass is 9.95. The van der Waals surface area contributed by atoms with E-state index in [2.05, 4.69) is 42.7 Å². The van der Waals surface area contributed by atoms with E-state index in [9.17, 15) is 0 Å². The SMILES string of the molecule is Cc1c(Br)cc(Cl)c2c1CN1CN2Cc2c(C)c(N=[N+]=[N-])cc(Cl)c21. The third-order valence-electron chi connectivity index (χ3n) is 5.01. The first-order chi connectivity index (χ1) is 11.9. The maximum absolute atomic E-state index is 8.80. The molecule has 0 aliphatic carbocycles. The topological polar surface area (TPSA) is 55.2 Å². The molecule has 2 bridgehead atoms. The molecule has 2 aromatic rings. The number of hydrogen-bond acceptors (Lipinski definition) is 3. The summed E-state index contributed by atoms with van der Waals surface area (Å²) in [5.41, 5.74) is 15.9. The fourth-order valence-electron chi connectivity index (χ4n) is 3.74. The van der Waals surface area contributed by atoms with E-state index in [0.29, 0.717) is 17.3 Å². The summed E-state index contributed by atoms with van der Waals surface area (Å²) in [4.78, 5) is 7.43. The van der Waals surface area contributed by atoms with Crippen LogP contribution in [-0.4, -0.2) is 6.67 Å².